The molecule has 26 heavy (non-hydrogen) atoms. The molecular formula is C18H15N3O4S. The fraction of sp³-hybridized carbons (Fsp3) is 0.167. The molecule has 7 nitrogen and oxygen atoms in total. The molecule has 1 aliphatic heterocycles. The van der Waals surface area contributed by atoms with Gasteiger partial charge >= 0.3 is 0 Å². The second kappa shape index (κ2) is 6.64. The largest absolute Gasteiger partial charge is 0.482 e. The highest BCUT2D eigenvalue weighted by Crippen LogP contribution is 2.36. The highest BCUT2D eigenvalue weighted by Gasteiger charge is 2.24. The van der Waals surface area contributed by atoms with E-state index >= 15 is 0 Å². The minimum absolute atomic E-state index is 0.0554. The molecule has 0 aliphatic carbocycles. The summed E-state index contributed by atoms with van der Waals surface area (Å²) in [7, 11) is 0. The van der Waals surface area contributed by atoms with E-state index < -0.39 is 0 Å². The third-order valence-electron chi connectivity index (χ3n) is 3.98. The van der Waals surface area contributed by atoms with Gasteiger partial charge in [0.05, 0.1) is 17.6 Å². The van der Waals surface area contributed by atoms with Crippen LogP contribution in [0.2, 0.25) is 0 Å². The number of anilines is 2. The molecule has 0 bridgehead atoms. The van der Waals surface area contributed by atoms with Crippen molar-refractivity contribution in [1.29, 1.82) is 0 Å². The van der Waals surface area contributed by atoms with Gasteiger partial charge in [-0.3, -0.25) is 14.9 Å². The topological polar surface area (TPSA) is 84.7 Å². The number of rotatable bonds is 4. The summed E-state index contributed by atoms with van der Waals surface area (Å²) < 4.78 is 10.6. The Bertz CT molecular complexity index is 965. The number of thiazole rings is 1. The van der Waals surface area contributed by atoms with E-state index in [2.05, 4.69) is 10.3 Å². The number of ether oxygens (including phenoxy) is 1. The van der Waals surface area contributed by atoms with E-state index in [1.54, 1.807) is 17.0 Å². The van der Waals surface area contributed by atoms with Gasteiger partial charge in [-0.15, -0.1) is 11.3 Å². The van der Waals surface area contributed by atoms with Crippen molar-refractivity contribution in [1.82, 2.24) is 4.98 Å². The predicted molar refractivity (Wildman–Crippen MR) is 97.7 cm³/mol. The summed E-state index contributed by atoms with van der Waals surface area (Å²) in [5.74, 6) is 0.487. The number of benzene rings is 1. The first-order chi connectivity index (χ1) is 12.7. The Labute approximate surface area is 153 Å². The molecule has 3 heterocycles. The van der Waals surface area contributed by atoms with Crippen molar-refractivity contribution in [3.8, 4) is 17.0 Å². The Morgan fingerprint density at radius 2 is 2.27 bits per heavy atom. The van der Waals surface area contributed by atoms with Gasteiger partial charge in [-0.05, 0) is 37.3 Å². The highest BCUT2D eigenvalue weighted by molar-refractivity contribution is 7.14. The van der Waals surface area contributed by atoms with Crippen LogP contribution in [0.15, 0.2) is 46.4 Å². The van der Waals surface area contributed by atoms with Gasteiger partial charge in [-0.2, -0.15) is 0 Å². The minimum atomic E-state index is -0.350. The molecule has 0 radical (unpaired) electrons. The van der Waals surface area contributed by atoms with Gasteiger partial charge in [0.1, 0.15) is 5.75 Å². The number of aromatic nitrogens is 1. The SMILES string of the molecule is CCN1C(=O)COc2ccc(-c3csc(NC(=O)c4ccco4)n3)cc21. The Morgan fingerprint density at radius 1 is 1.38 bits per heavy atom. The summed E-state index contributed by atoms with van der Waals surface area (Å²) in [6.45, 7) is 2.55. The first-order valence-electron chi connectivity index (χ1n) is 8.03. The average Bonchev–Trinajstić information content (AvgIpc) is 3.33. The Kier molecular flexibility index (Phi) is 4.18. The molecule has 8 heteroatoms. The monoisotopic (exact) mass is 369 g/mol. The lowest BCUT2D eigenvalue weighted by Gasteiger charge is -2.28. The molecule has 2 amide bonds. The molecule has 0 saturated carbocycles. The molecule has 1 aromatic carbocycles. The van der Waals surface area contributed by atoms with Crippen LogP contribution in [0.25, 0.3) is 11.3 Å². The number of carbonyl (C=O) groups excluding carboxylic acids is 2. The van der Waals surface area contributed by atoms with Crippen molar-refractivity contribution in [3.05, 3.63) is 47.7 Å². The molecule has 2 aromatic heterocycles. The molecule has 4 rings (SSSR count). The molecular weight excluding hydrogens is 354 g/mol. The number of nitrogens with one attached hydrogen (secondary N) is 1. The standard InChI is InChI=1S/C18H15N3O4S/c1-2-21-13-8-11(5-6-14(13)25-9-16(21)22)12-10-26-18(19-12)20-17(23)15-4-3-7-24-15/h3-8,10H,2,9H2,1H3,(H,19,20,23). The van der Waals surface area contributed by atoms with Crippen molar-refractivity contribution in [3.63, 3.8) is 0 Å². The first kappa shape index (κ1) is 16.3. The van der Waals surface area contributed by atoms with Crippen molar-refractivity contribution in [2.24, 2.45) is 0 Å². The molecule has 1 N–H and O–H groups in total. The molecule has 132 valence electrons. The van der Waals surface area contributed by atoms with Crippen molar-refractivity contribution in [2.45, 2.75) is 6.92 Å². The van der Waals surface area contributed by atoms with Gasteiger partial charge in [0.25, 0.3) is 11.8 Å². The molecule has 0 fully saturated rings. The third kappa shape index (κ3) is 2.95. The average molecular weight is 369 g/mol. The number of carbonyl (C=O) groups is 2. The lowest BCUT2D eigenvalue weighted by atomic mass is 10.1. The zero-order chi connectivity index (χ0) is 18.1. The maximum Gasteiger partial charge on any atom is 0.293 e. The zero-order valence-electron chi connectivity index (χ0n) is 13.9. The summed E-state index contributed by atoms with van der Waals surface area (Å²) in [6, 6.07) is 8.83. The number of fused-ring (bicyclic) bond motifs is 1. The second-order valence-electron chi connectivity index (χ2n) is 5.58. The van der Waals surface area contributed by atoms with Crippen LogP contribution in [0.4, 0.5) is 10.8 Å². The summed E-state index contributed by atoms with van der Waals surface area (Å²) in [5, 5.41) is 5.03. The fourth-order valence-corrected chi connectivity index (χ4v) is 3.45. The van der Waals surface area contributed by atoms with Crippen LogP contribution in [0, 0.1) is 0 Å². The van der Waals surface area contributed by atoms with E-state index in [1.807, 2.05) is 30.5 Å². The number of likely N-dealkylation sites (N-methyl/N-ethyl adjacent to an activating group) is 1. The Hall–Kier alpha value is -3.13. The fourth-order valence-electron chi connectivity index (χ4n) is 2.74. The smallest absolute Gasteiger partial charge is 0.293 e. The highest BCUT2D eigenvalue weighted by atomic mass is 32.1. The Balaban J connectivity index is 1.59. The lowest BCUT2D eigenvalue weighted by molar-refractivity contribution is -0.121. The molecule has 0 saturated heterocycles. The van der Waals surface area contributed by atoms with Gasteiger partial charge in [0.2, 0.25) is 0 Å². The van der Waals surface area contributed by atoms with Crippen molar-refractivity contribution >= 4 is 34.0 Å². The maximum atomic E-state index is 12.0. The summed E-state index contributed by atoms with van der Waals surface area (Å²) in [6.07, 6.45) is 1.44. The Morgan fingerprint density at radius 3 is 3.04 bits per heavy atom. The molecule has 1 aliphatic rings. The lowest BCUT2D eigenvalue weighted by Crippen LogP contribution is -2.38. The van der Waals surface area contributed by atoms with E-state index in [0.29, 0.717) is 23.1 Å². The van der Waals surface area contributed by atoms with Gasteiger partial charge in [-0.1, -0.05) is 0 Å². The minimum Gasteiger partial charge on any atom is -0.482 e. The summed E-state index contributed by atoms with van der Waals surface area (Å²) in [4.78, 5) is 30.2. The second-order valence-corrected chi connectivity index (χ2v) is 6.44. The number of amides is 2. The molecule has 0 unspecified atom stereocenters. The quantitative estimate of drug-likeness (QED) is 0.762. The third-order valence-corrected chi connectivity index (χ3v) is 4.74. The van der Waals surface area contributed by atoms with Crippen LogP contribution < -0.4 is 15.0 Å². The van der Waals surface area contributed by atoms with Gasteiger partial charge in [0.15, 0.2) is 17.5 Å². The van der Waals surface area contributed by atoms with E-state index in [9.17, 15) is 9.59 Å². The van der Waals surface area contributed by atoms with Gasteiger partial charge in [0, 0.05) is 17.5 Å². The maximum absolute atomic E-state index is 12.0. The number of hydrogen-bond acceptors (Lipinski definition) is 6. The van der Waals surface area contributed by atoms with Crippen LogP contribution in [-0.4, -0.2) is 29.9 Å². The van der Waals surface area contributed by atoms with Crippen LogP contribution in [0.5, 0.6) is 5.75 Å². The van der Waals surface area contributed by atoms with E-state index in [0.717, 1.165) is 11.3 Å². The molecule has 0 atom stereocenters. The van der Waals surface area contributed by atoms with Crippen molar-refractivity contribution in [2.75, 3.05) is 23.4 Å². The summed E-state index contributed by atoms with van der Waals surface area (Å²) in [5.41, 5.74) is 2.28. The zero-order valence-corrected chi connectivity index (χ0v) is 14.7. The number of furan rings is 1. The normalized spacial score (nSPS) is 13.3. The van der Waals surface area contributed by atoms with Crippen LogP contribution in [0.3, 0.4) is 0 Å². The predicted octanol–water partition coefficient (Wildman–Crippen LogP) is 3.40. The molecule has 0 spiro atoms. The van der Waals surface area contributed by atoms with E-state index in [1.165, 1.54) is 17.6 Å². The van der Waals surface area contributed by atoms with Crippen LogP contribution in [0.1, 0.15) is 17.5 Å². The van der Waals surface area contributed by atoms with Crippen molar-refractivity contribution < 1.29 is 18.7 Å². The number of hydrogen-bond donors (Lipinski definition) is 1. The first-order valence-corrected chi connectivity index (χ1v) is 8.91. The van der Waals surface area contributed by atoms with Crippen LogP contribution in [-0.2, 0) is 4.79 Å². The van der Waals surface area contributed by atoms with E-state index in [-0.39, 0.29) is 24.2 Å². The molecule has 3 aromatic rings. The van der Waals surface area contributed by atoms with Crippen LogP contribution >= 0.6 is 11.3 Å². The van der Waals surface area contributed by atoms with Gasteiger partial charge in [-0.25, -0.2) is 4.98 Å². The van der Waals surface area contributed by atoms with E-state index in [4.69, 9.17) is 9.15 Å². The summed E-state index contributed by atoms with van der Waals surface area (Å²) >= 11 is 1.32. The number of nitrogens with zero attached hydrogens (tertiary/aromatic N) is 2. The van der Waals surface area contributed by atoms with Gasteiger partial charge < -0.3 is 14.1 Å².